The molecule has 0 heterocycles. The van der Waals surface area contributed by atoms with E-state index in [4.69, 9.17) is 0 Å². The Hall–Kier alpha value is -4.70. The smallest absolute Gasteiger partial charge is 0.326 e. The molecule has 0 fully saturated rings. The highest BCUT2D eigenvalue weighted by Gasteiger charge is 2.39. The van der Waals surface area contributed by atoms with Crippen LogP contribution in [-0.4, -0.2) is 23.0 Å². The number of nitrogens with one attached hydrogen (secondary N) is 1. The van der Waals surface area contributed by atoms with Gasteiger partial charge in [0.15, 0.2) is 0 Å². The van der Waals surface area contributed by atoms with E-state index >= 15 is 0 Å². The van der Waals surface area contributed by atoms with Gasteiger partial charge in [-0.2, -0.15) is 0 Å². The number of carboxylic acids is 1. The first-order valence-electron chi connectivity index (χ1n) is 12.7. The van der Waals surface area contributed by atoms with Gasteiger partial charge in [-0.1, -0.05) is 133 Å². The van der Waals surface area contributed by atoms with Crippen LogP contribution < -0.4 is 5.32 Å². The summed E-state index contributed by atoms with van der Waals surface area (Å²) in [5, 5.41) is 15.0. The minimum atomic E-state index is -1.06. The third kappa shape index (κ3) is 5.07. The Morgan fingerprint density at radius 3 is 1.63 bits per heavy atom. The van der Waals surface area contributed by atoms with Gasteiger partial charge in [-0.05, 0) is 33.0 Å². The van der Waals surface area contributed by atoms with Crippen LogP contribution in [-0.2, 0) is 21.4 Å². The topological polar surface area (TPSA) is 66.4 Å². The van der Waals surface area contributed by atoms with E-state index in [-0.39, 0.29) is 18.7 Å². The van der Waals surface area contributed by atoms with E-state index in [0.29, 0.717) is 0 Å². The summed E-state index contributed by atoms with van der Waals surface area (Å²) < 4.78 is 0. The highest BCUT2D eigenvalue weighted by molar-refractivity contribution is 5.88. The molecule has 0 saturated carbocycles. The Bertz CT molecular complexity index is 1430. The minimum absolute atomic E-state index is 0.0599. The van der Waals surface area contributed by atoms with Crippen LogP contribution in [0, 0.1) is 0 Å². The van der Waals surface area contributed by atoms with E-state index < -0.39 is 17.4 Å². The van der Waals surface area contributed by atoms with Crippen LogP contribution in [0.5, 0.6) is 0 Å². The number of carbonyl (C=O) groups is 2. The van der Waals surface area contributed by atoms with E-state index in [2.05, 4.69) is 5.32 Å². The molecule has 5 aromatic carbocycles. The van der Waals surface area contributed by atoms with Gasteiger partial charge in [-0.25, -0.2) is 4.79 Å². The Balaban J connectivity index is 1.52. The molecule has 4 heteroatoms. The van der Waals surface area contributed by atoms with E-state index in [1.807, 2.05) is 133 Å². The van der Waals surface area contributed by atoms with Crippen LogP contribution in [0.3, 0.4) is 0 Å². The molecular weight excluding hydrogens is 470 g/mol. The minimum Gasteiger partial charge on any atom is -0.480 e. The van der Waals surface area contributed by atoms with Crippen molar-refractivity contribution in [2.45, 2.75) is 24.3 Å². The number of aliphatic carboxylic acids is 1. The van der Waals surface area contributed by atoms with Gasteiger partial charge in [0.1, 0.15) is 6.04 Å². The second-order valence-electron chi connectivity index (χ2n) is 9.48. The van der Waals surface area contributed by atoms with Crippen molar-refractivity contribution in [2.75, 3.05) is 0 Å². The number of amides is 1. The third-order valence-electron chi connectivity index (χ3n) is 7.16. The fourth-order valence-corrected chi connectivity index (χ4v) is 5.35. The van der Waals surface area contributed by atoms with Crippen LogP contribution in [0.4, 0.5) is 0 Å². The van der Waals surface area contributed by atoms with Gasteiger partial charge in [-0.15, -0.1) is 0 Å². The molecule has 0 bridgehead atoms. The molecule has 5 rings (SSSR count). The molecule has 0 saturated heterocycles. The number of fused-ring (bicyclic) bond motifs is 1. The molecule has 1 amide bonds. The lowest BCUT2D eigenvalue weighted by Crippen LogP contribution is -2.45. The van der Waals surface area contributed by atoms with Crippen LogP contribution in [0.1, 0.15) is 28.7 Å². The summed E-state index contributed by atoms with van der Waals surface area (Å²) in [5.74, 6) is -1.38. The molecule has 0 aromatic heterocycles. The van der Waals surface area contributed by atoms with Crippen LogP contribution >= 0.6 is 0 Å². The maximum absolute atomic E-state index is 13.8. The van der Waals surface area contributed by atoms with E-state index in [9.17, 15) is 14.7 Å². The first-order chi connectivity index (χ1) is 18.6. The standard InChI is InChI=1S/C34H29NO3/c36-32(35-31(33(37)38)23-26-15-12-14-25-13-10-11-22-30(25)26)24-34(27-16-4-1-5-17-27,28-18-6-2-7-19-28)29-20-8-3-9-21-29/h1-22,31H,23-24H2,(H,35,36)(H,37,38)/t31-/m0/s1. The Labute approximate surface area is 222 Å². The van der Waals surface area contributed by atoms with Gasteiger partial charge < -0.3 is 10.4 Å². The summed E-state index contributed by atoms with van der Waals surface area (Å²) in [6.07, 6.45) is 0.252. The van der Waals surface area contributed by atoms with Crippen molar-refractivity contribution in [3.63, 3.8) is 0 Å². The van der Waals surface area contributed by atoms with Crippen molar-refractivity contribution >= 4 is 22.6 Å². The summed E-state index contributed by atoms with van der Waals surface area (Å²) in [4.78, 5) is 26.1. The Morgan fingerprint density at radius 2 is 1.11 bits per heavy atom. The lowest BCUT2D eigenvalue weighted by Gasteiger charge is -2.36. The highest BCUT2D eigenvalue weighted by Crippen LogP contribution is 2.42. The molecule has 0 aliphatic rings. The second kappa shape index (κ2) is 11.1. The van der Waals surface area contributed by atoms with Crippen molar-refractivity contribution < 1.29 is 14.7 Å². The Morgan fingerprint density at radius 1 is 0.632 bits per heavy atom. The summed E-state index contributed by atoms with van der Waals surface area (Å²) in [6.45, 7) is 0. The molecule has 0 spiro atoms. The third-order valence-corrected chi connectivity index (χ3v) is 7.16. The normalized spacial score (nSPS) is 12.1. The first-order valence-corrected chi connectivity index (χ1v) is 12.7. The predicted molar refractivity (Wildman–Crippen MR) is 151 cm³/mol. The molecule has 0 aliphatic heterocycles. The second-order valence-corrected chi connectivity index (χ2v) is 9.48. The fraction of sp³-hybridized carbons (Fsp3) is 0.118. The SMILES string of the molecule is O=C(CC(c1ccccc1)(c1ccccc1)c1ccccc1)N[C@@H](Cc1cccc2ccccc12)C(=O)O. The summed E-state index contributed by atoms with van der Waals surface area (Å²) in [7, 11) is 0. The van der Waals surface area contributed by atoms with Gasteiger partial charge in [-0.3, -0.25) is 4.79 Å². The predicted octanol–water partition coefficient (Wildman–Crippen LogP) is 6.38. The maximum atomic E-state index is 13.8. The van der Waals surface area contributed by atoms with Gasteiger partial charge in [0.2, 0.25) is 5.91 Å². The van der Waals surface area contributed by atoms with Gasteiger partial charge in [0, 0.05) is 12.8 Å². The monoisotopic (exact) mass is 499 g/mol. The molecule has 38 heavy (non-hydrogen) atoms. The number of rotatable bonds is 9. The molecule has 0 unspecified atom stereocenters. The largest absolute Gasteiger partial charge is 0.480 e. The average Bonchev–Trinajstić information content (AvgIpc) is 2.97. The van der Waals surface area contributed by atoms with Gasteiger partial charge in [0.25, 0.3) is 0 Å². The molecular formula is C34H29NO3. The van der Waals surface area contributed by atoms with Crippen molar-refractivity contribution in [2.24, 2.45) is 0 Å². The van der Waals surface area contributed by atoms with Crippen molar-refractivity contribution in [1.82, 2.24) is 5.32 Å². The van der Waals surface area contributed by atoms with Crippen molar-refractivity contribution in [3.8, 4) is 0 Å². The number of hydrogen-bond acceptors (Lipinski definition) is 2. The van der Waals surface area contributed by atoms with Crippen molar-refractivity contribution in [3.05, 3.63) is 156 Å². The average molecular weight is 500 g/mol. The number of carbonyl (C=O) groups excluding carboxylic acids is 1. The zero-order chi connectivity index (χ0) is 26.4. The summed E-state index contributed by atoms with van der Waals surface area (Å²) in [5.41, 5.74) is 2.99. The fourth-order valence-electron chi connectivity index (χ4n) is 5.35. The summed E-state index contributed by atoms with van der Waals surface area (Å²) in [6, 6.07) is 42.5. The number of carboxylic acid groups (broad SMARTS) is 1. The van der Waals surface area contributed by atoms with Crippen LogP contribution in [0.15, 0.2) is 133 Å². The number of benzene rings is 5. The summed E-state index contributed by atoms with van der Waals surface area (Å²) >= 11 is 0. The van der Waals surface area contributed by atoms with E-state index in [0.717, 1.165) is 33.0 Å². The molecule has 0 radical (unpaired) electrons. The van der Waals surface area contributed by atoms with Gasteiger partial charge in [0.05, 0.1) is 5.41 Å². The molecule has 4 nitrogen and oxygen atoms in total. The Kier molecular flexibility index (Phi) is 7.32. The highest BCUT2D eigenvalue weighted by atomic mass is 16.4. The molecule has 188 valence electrons. The zero-order valence-electron chi connectivity index (χ0n) is 21.0. The van der Waals surface area contributed by atoms with Crippen LogP contribution in [0.2, 0.25) is 0 Å². The quantitative estimate of drug-likeness (QED) is 0.231. The van der Waals surface area contributed by atoms with E-state index in [1.54, 1.807) is 0 Å². The number of hydrogen-bond donors (Lipinski definition) is 2. The molecule has 0 aliphatic carbocycles. The van der Waals surface area contributed by atoms with Crippen LogP contribution in [0.25, 0.3) is 10.8 Å². The first kappa shape index (κ1) is 25.0. The molecule has 5 aromatic rings. The molecule has 1 atom stereocenters. The zero-order valence-corrected chi connectivity index (χ0v) is 21.0. The maximum Gasteiger partial charge on any atom is 0.326 e. The van der Waals surface area contributed by atoms with Gasteiger partial charge >= 0.3 is 5.97 Å². The van der Waals surface area contributed by atoms with E-state index in [1.165, 1.54) is 0 Å². The lowest BCUT2D eigenvalue weighted by molar-refractivity contribution is -0.141. The molecule has 2 N–H and O–H groups in total. The van der Waals surface area contributed by atoms with Crippen molar-refractivity contribution in [1.29, 1.82) is 0 Å². The lowest BCUT2D eigenvalue weighted by atomic mass is 9.67.